The van der Waals surface area contributed by atoms with Gasteiger partial charge in [-0.15, -0.1) is 0 Å². The standard InChI is InChI=1S/C21H20FNO2S/c1-16-8-11-18(12-9-16)15-23(19-13-10-17(2)21(22)14-19)26(24,25)20-6-4-3-5-7-20/h3-14H,15H2,1-2H3. The molecule has 0 amide bonds. The highest BCUT2D eigenvalue weighted by Gasteiger charge is 2.25. The summed E-state index contributed by atoms with van der Waals surface area (Å²) < 4.78 is 41.8. The van der Waals surface area contributed by atoms with E-state index in [0.717, 1.165) is 11.1 Å². The van der Waals surface area contributed by atoms with Crippen molar-refractivity contribution in [1.82, 2.24) is 0 Å². The first kappa shape index (κ1) is 18.1. The van der Waals surface area contributed by atoms with Gasteiger partial charge in [-0.2, -0.15) is 0 Å². The molecular formula is C21H20FNO2S. The molecule has 3 aromatic rings. The Kier molecular flexibility index (Phi) is 5.09. The molecule has 0 N–H and O–H groups in total. The molecule has 0 aromatic heterocycles. The molecule has 134 valence electrons. The summed E-state index contributed by atoms with van der Waals surface area (Å²) in [6.07, 6.45) is 0. The zero-order valence-electron chi connectivity index (χ0n) is 14.7. The molecule has 0 radical (unpaired) electrons. The van der Waals surface area contributed by atoms with Crippen molar-refractivity contribution >= 4 is 15.7 Å². The third-order valence-corrected chi connectivity index (χ3v) is 6.01. The van der Waals surface area contributed by atoms with E-state index >= 15 is 0 Å². The van der Waals surface area contributed by atoms with Crippen molar-refractivity contribution in [1.29, 1.82) is 0 Å². The number of halogens is 1. The Morgan fingerprint density at radius 2 is 1.54 bits per heavy atom. The molecule has 5 heteroatoms. The smallest absolute Gasteiger partial charge is 0.262 e. The lowest BCUT2D eigenvalue weighted by atomic mass is 10.1. The van der Waals surface area contributed by atoms with Crippen LogP contribution in [0, 0.1) is 19.7 Å². The van der Waals surface area contributed by atoms with E-state index in [4.69, 9.17) is 0 Å². The van der Waals surface area contributed by atoms with E-state index in [-0.39, 0.29) is 11.4 Å². The minimum absolute atomic E-state index is 0.125. The van der Waals surface area contributed by atoms with E-state index in [1.165, 1.54) is 10.4 Å². The highest BCUT2D eigenvalue weighted by atomic mass is 32.2. The van der Waals surface area contributed by atoms with Crippen LogP contribution in [0.2, 0.25) is 0 Å². The molecule has 0 unspecified atom stereocenters. The Bertz CT molecular complexity index is 1000. The lowest BCUT2D eigenvalue weighted by Crippen LogP contribution is -2.30. The molecule has 0 saturated heterocycles. The van der Waals surface area contributed by atoms with Crippen LogP contribution in [-0.2, 0) is 16.6 Å². The van der Waals surface area contributed by atoms with Crippen LogP contribution in [0.3, 0.4) is 0 Å². The summed E-state index contributed by atoms with van der Waals surface area (Å²) in [6.45, 7) is 3.74. The largest absolute Gasteiger partial charge is 0.264 e. The fourth-order valence-corrected chi connectivity index (χ4v) is 4.10. The number of sulfonamides is 1. The van der Waals surface area contributed by atoms with Crippen LogP contribution < -0.4 is 4.31 Å². The van der Waals surface area contributed by atoms with Gasteiger partial charge < -0.3 is 0 Å². The monoisotopic (exact) mass is 369 g/mol. The lowest BCUT2D eigenvalue weighted by Gasteiger charge is -2.25. The van der Waals surface area contributed by atoms with Crippen molar-refractivity contribution in [2.24, 2.45) is 0 Å². The number of aryl methyl sites for hydroxylation is 2. The average molecular weight is 369 g/mol. The van der Waals surface area contributed by atoms with Crippen molar-refractivity contribution in [2.75, 3.05) is 4.31 Å². The maximum absolute atomic E-state index is 14.1. The summed E-state index contributed by atoms with van der Waals surface area (Å²) in [5.74, 6) is -0.431. The molecule has 0 aliphatic rings. The number of anilines is 1. The van der Waals surface area contributed by atoms with Crippen molar-refractivity contribution in [2.45, 2.75) is 25.3 Å². The molecule has 0 spiro atoms. The Morgan fingerprint density at radius 3 is 2.15 bits per heavy atom. The number of hydrogen-bond donors (Lipinski definition) is 0. The van der Waals surface area contributed by atoms with Crippen molar-refractivity contribution in [3.8, 4) is 0 Å². The van der Waals surface area contributed by atoms with Gasteiger partial charge in [0.2, 0.25) is 0 Å². The van der Waals surface area contributed by atoms with Crippen LogP contribution in [0.4, 0.5) is 10.1 Å². The van der Waals surface area contributed by atoms with Gasteiger partial charge in [0, 0.05) is 0 Å². The first-order valence-electron chi connectivity index (χ1n) is 8.27. The minimum atomic E-state index is -3.83. The molecule has 0 heterocycles. The van der Waals surface area contributed by atoms with E-state index in [1.807, 2.05) is 31.2 Å². The van der Waals surface area contributed by atoms with Gasteiger partial charge in [-0.05, 0) is 49.2 Å². The van der Waals surface area contributed by atoms with Crippen LogP contribution >= 0.6 is 0 Å². The molecule has 0 bridgehead atoms. The van der Waals surface area contributed by atoms with Gasteiger partial charge >= 0.3 is 0 Å². The van der Waals surface area contributed by atoms with Crippen molar-refractivity contribution in [3.63, 3.8) is 0 Å². The van der Waals surface area contributed by atoms with E-state index < -0.39 is 15.8 Å². The maximum atomic E-state index is 14.1. The summed E-state index contributed by atoms with van der Waals surface area (Å²) in [6, 6.07) is 20.3. The number of nitrogens with zero attached hydrogens (tertiary/aromatic N) is 1. The third kappa shape index (κ3) is 3.78. The summed E-state index contributed by atoms with van der Waals surface area (Å²) in [5.41, 5.74) is 2.70. The second kappa shape index (κ2) is 7.30. The van der Waals surface area contributed by atoms with Crippen molar-refractivity contribution in [3.05, 3.63) is 95.3 Å². The highest BCUT2D eigenvalue weighted by molar-refractivity contribution is 7.92. The minimum Gasteiger partial charge on any atom is -0.262 e. The van der Waals surface area contributed by atoms with Crippen LogP contribution in [0.25, 0.3) is 0 Å². The average Bonchev–Trinajstić information content (AvgIpc) is 2.64. The molecule has 0 aliphatic heterocycles. The first-order valence-corrected chi connectivity index (χ1v) is 9.71. The molecule has 3 rings (SSSR count). The molecule has 0 aliphatic carbocycles. The van der Waals surface area contributed by atoms with Gasteiger partial charge in [0.15, 0.2) is 0 Å². The molecule has 26 heavy (non-hydrogen) atoms. The lowest BCUT2D eigenvalue weighted by molar-refractivity contribution is 0.589. The molecule has 3 nitrogen and oxygen atoms in total. The van der Waals surface area contributed by atoms with E-state index in [0.29, 0.717) is 11.3 Å². The van der Waals surface area contributed by atoms with Gasteiger partial charge in [0.1, 0.15) is 5.82 Å². The summed E-state index contributed by atoms with van der Waals surface area (Å²) in [7, 11) is -3.83. The number of benzene rings is 3. The van der Waals surface area contributed by atoms with E-state index in [2.05, 4.69) is 0 Å². The zero-order chi connectivity index (χ0) is 18.7. The molecular weight excluding hydrogens is 349 g/mol. The van der Waals surface area contributed by atoms with E-state index in [9.17, 15) is 12.8 Å². The Hall–Kier alpha value is -2.66. The second-order valence-corrected chi connectivity index (χ2v) is 8.11. The molecule has 0 atom stereocenters. The van der Waals surface area contributed by atoms with Gasteiger partial charge in [-0.3, -0.25) is 4.31 Å². The van der Waals surface area contributed by atoms with Crippen LogP contribution in [0.15, 0.2) is 77.7 Å². The van der Waals surface area contributed by atoms with Crippen molar-refractivity contribution < 1.29 is 12.8 Å². The maximum Gasteiger partial charge on any atom is 0.264 e. The fourth-order valence-electron chi connectivity index (χ4n) is 2.63. The number of hydrogen-bond acceptors (Lipinski definition) is 2. The van der Waals surface area contributed by atoms with Gasteiger partial charge in [0.05, 0.1) is 17.1 Å². The zero-order valence-corrected chi connectivity index (χ0v) is 15.5. The Balaban J connectivity index is 2.09. The normalized spacial score (nSPS) is 11.3. The van der Waals surface area contributed by atoms with Gasteiger partial charge in [0.25, 0.3) is 10.0 Å². The SMILES string of the molecule is Cc1ccc(CN(c2ccc(C)c(F)c2)S(=O)(=O)c2ccccc2)cc1. The molecule has 3 aromatic carbocycles. The highest BCUT2D eigenvalue weighted by Crippen LogP contribution is 2.27. The predicted octanol–water partition coefficient (Wildman–Crippen LogP) is 4.84. The predicted molar refractivity (Wildman–Crippen MR) is 102 cm³/mol. The fraction of sp³-hybridized carbons (Fsp3) is 0.143. The molecule has 0 fully saturated rings. The third-order valence-electron chi connectivity index (χ3n) is 4.22. The quantitative estimate of drug-likeness (QED) is 0.645. The molecule has 0 saturated carbocycles. The summed E-state index contributed by atoms with van der Waals surface area (Å²) in [4.78, 5) is 0.174. The van der Waals surface area contributed by atoms with Crippen LogP contribution in [0.1, 0.15) is 16.7 Å². The van der Waals surface area contributed by atoms with Gasteiger partial charge in [-0.25, -0.2) is 12.8 Å². The van der Waals surface area contributed by atoms with Gasteiger partial charge in [-0.1, -0.05) is 54.1 Å². The Morgan fingerprint density at radius 1 is 0.885 bits per heavy atom. The van der Waals surface area contributed by atoms with Crippen LogP contribution in [0.5, 0.6) is 0 Å². The second-order valence-electron chi connectivity index (χ2n) is 6.24. The van der Waals surface area contributed by atoms with Crippen LogP contribution in [-0.4, -0.2) is 8.42 Å². The summed E-state index contributed by atoms with van der Waals surface area (Å²) >= 11 is 0. The Labute approximate surface area is 153 Å². The summed E-state index contributed by atoms with van der Waals surface area (Å²) in [5, 5.41) is 0. The number of rotatable bonds is 5. The first-order chi connectivity index (χ1) is 12.4. The van der Waals surface area contributed by atoms with E-state index in [1.54, 1.807) is 49.4 Å². The topological polar surface area (TPSA) is 37.4 Å².